The number of rotatable bonds is 3. The molecule has 1 heterocycles. The molecule has 0 fully saturated rings. The van der Waals surface area contributed by atoms with E-state index < -0.39 is 0 Å². The highest BCUT2D eigenvalue weighted by atomic mass is 16.2. The summed E-state index contributed by atoms with van der Waals surface area (Å²) in [6, 6.07) is 8.37. The van der Waals surface area contributed by atoms with Crippen molar-refractivity contribution in [2.45, 2.75) is 12.8 Å². The van der Waals surface area contributed by atoms with E-state index in [0.717, 1.165) is 18.7 Å². The number of hydrazone groups is 1. The molecule has 2 aliphatic rings. The Morgan fingerprint density at radius 2 is 2.11 bits per heavy atom. The van der Waals surface area contributed by atoms with E-state index in [1.165, 1.54) is 11.1 Å². The van der Waals surface area contributed by atoms with Crippen molar-refractivity contribution in [2.75, 3.05) is 27.2 Å². The second kappa shape index (κ2) is 4.78. The Balaban J connectivity index is 1.87. The highest BCUT2D eigenvalue weighted by Crippen LogP contribution is 2.32. The van der Waals surface area contributed by atoms with Crippen LogP contribution in [-0.2, 0) is 11.2 Å². The number of benzene rings is 1. The maximum absolute atomic E-state index is 12.1. The average molecular weight is 257 g/mol. The summed E-state index contributed by atoms with van der Waals surface area (Å²) in [6.45, 7) is 1.51. The molecule has 19 heavy (non-hydrogen) atoms. The van der Waals surface area contributed by atoms with Crippen LogP contribution >= 0.6 is 0 Å². The maximum atomic E-state index is 12.1. The normalized spacial score (nSPS) is 21.4. The average Bonchev–Trinajstić information content (AvgIpc) is 2.73. The van der Waals surface area contributed by atoms with Crippen LogP contribution < -0.4 is 0 Å². The molecule has 100 valence electrons. The molecule has 0 bridgehead atoms. The molecule has 1 atom stereocenters. The minimum Gasteiger partial charge on any atom is -0.308 e. The molecule has 4 nitrogen and oxygen atoms in total. The largest absolute Gasteiger partial charge is 0.308 e. The predicted molar refractivity (Wildman–Crippen MR) is 75.1 cm³/mol. The lowest BCUT2D eigenvalue weighted by molar-refractivity contribution is -0.132. The number of hydrogen-bond acceptors (Lipinski definition) is 3. The number of likely N-dealkylation sites (N-methyl/N-ethyl adjacent to an activating group) is 1. The van der Waals surface area contributed by atoms with Crippen LogP contribution in [0.2, 0.25) is 0 Å². The number of fused-ring (bicyclic) bond motifs is 3. The van der Waals surface area contributed by atoms with Crippen LogP contribution in [0.4, 0.5) is 0 Å². The Morgan fingerprint density at radius 3 is 2.89 bits per heavy atom. The van der Waals surface area contributed by atoms with Crippen molar-refractivity contribution in [3.63, 3.8) is 0 Å². The molecule has 3 rings (SSSR count). The summed E-state index contributed by atoms with van der Waals surface area (Å²) in [5.74, 6) is 0.448. The summed E-state index contributed by atoms with van der Waals surface area (Å²) in [5, 5.41) is 6.26. The second-order valence-electron chi connectivity index (χ2n) is 5.57. The molecule has 0 radical (unpaired) electrons. The molecule has 0 spiro atoms. The van der Waals surface area contributed by atoms with Gasteiger partial charge < -0.3 is 4.90 Å². The third kappa shape index (κ3) is 2.28. The van der Waals surface area contributed by atoms with E-state index in [1.807, 2.05) is 20.2 Å². The number of carbonyl (C=O) groups is 1. The summed E-state index contributed by atoms with van der Waals surface area (Å²) < 4.78 is 0. The Kier molecular flexibility index (Phi) is 3.11. The minimum absolute atomic E-state index is 0.156. The zero-order chi connectivity index (χ0) is 13.4. The standard InChI is InChI=1S/C15H19N3O/c1-17(2)7-8-18-14(19)10-12-9-11-5-3-4-6-13(11)15(12)16-18/h3-6,12H,7-10H2,1-2H3. The van der Waals surface area contributed by atoms with Gasteiger partial charge in [-0.15, -0.1) is 0 Å². The predicted octanol–water partition coefficient (Wildman–Crippen LogP) is 1.36. The second-order valence-corrected chi connectivity index (χ2v) is 5.57. The van der Waals surface area contributed by atoms with Gasteiger partial charge in [-0.25, -0.2) is 5.01 Å². The van der Waals surface area contributed by atoms with Gasteiger partial charge in [0.2, 0.25) is 5.91 Å². The zero-order valence-electron chi connectivity index (χ0n) is 11.5. The first kappa shape index (κ1) is 12.4. The van der Waals surface area contributed by atoms with Crippen LogP contribution in [0.15, 0.2) is 29.4 Å². The first-order chi connectivity index (χ1) is 9.15. The first-order valence-electron chi connectivity index (χ1n) is 6.77. The van der Waals surface area contributed by atoms with Gasteiger partial charge in [0.15, 0.2) is 0 Å². The van der Waals surface area contributed by atoms with Gasteiger partial charge >= 0.3 is 0 Å². The Morgan fingerprint density at radius 1 is 1.32 bits per heavy atom. The minimum atomic E-state index is 0.156. The lowest BCUT2D eigenvalue weighted by atomic mass is 9.98. The van der Waals surface area contributed by atoms with Crippen molar-refractivity contribution in [1.82, 2.24) is 9.91 Å². The topological polar surface area (TPSA) is 35.9 Å². The molecule has 0 aromatic heterocycles. The monoisotopic (exact) mass is 257 g/mol. The van der Waals surface area contributed by atoms with Crippen molar-refractivity contribution < 1.29 is 4.79 Å². The molecule has 1 aromatic rings. The van der Waals surface area contributed by atoms with Crippen LogP contribution in [0.5, 0.6) is 0 Å². The fourth-order valence-electron chi connectivity index (χ4n) is 2.81. The third-order valence-corrected chi connectivity index (χ3v) is 3.84. The Hall–Kier alpha value is -1.68. The van der Waals surface area contributed by atoms with Gasteiger partial charge in [-0.3, -0.25) is 4.79 Å². The van der Waals surface area contributed by atoms with Crippen molar-refractivity contribution >= 4 is 11.6 Å². The van der Waals surface area contributed by atoms with Gasteiger partial charge in [0.05, 0.1) is 12.3 Å². The van der Waals surface area contributed by atoms with Crippen LogP contribution in [0.25, 0.3) is 0 Å². The molecular weight excluding hydrogens is 238 g/mol. The van der Waals surface area contributed by atoms with Crippen molar-refractivity contribution in [2.24, 2.45) is 11.0 Å². The summed E-state index contributed by atoms with van der Waals surface area (Å²) in [7, 11) is 4.02. The van der Waals surface area contributed by atoms with Gasteiger partial charge in [0, 0.05) is 24.4 Å². The smallest absolute Gasteiger partial charge is 0.243 e. The highest BCUT2D eigenvalue weighted by molar-refractivity contribution is 6.09. The zero-order valence-corrected chi connectivity index (χ0v) is 11.5. The third-order valence-electron chi connectivity index (χ3n) is 3.84. The molecule has 1 aliphatic carbocycles. The van der Waals surface area contributed by atoms with Gasteiger partial charge in [-0.05, 0) is 26.1 Å². The van der Waals surface area contributed by atoms with Gasteiger partial charge in [-0.2, -0.15) is 5.10 Å². The summed E-state index contributed by atoms with van der Waals surface area (Å²) in [6.07, 6.45) is 1.56. The molecule has 4 heteroatoms. The fourth-order valence-corrected chi connectivity index (χ4v) is 2.81. The SMILES string of the molecule is CN(C)CCN1N=C2c3ccccc3CC2CC1=O. The number of hydrogen-bond donors (Lipinski definition) is 0. The number of carbonyl (C=O) groups excluding carboxylic acids is 1. The lowest BCUT2D eigenvalue weighted by Crippen LogP contribution is -2.39. The van der Waals surface area contributed by atoms with Gasteiger partial charge in [-0.1, -0.05) is 24.3 Å². The van der Waals surface area contributed by atoms with E-state index in [2.05, 4.69) is 28.2 Å². The van der Waals surface area contributed by atoms with E-state index in [9.17, 15) is 4.79 Å². The molecule has 0 saturated carbocycles. The summed E-state index contributed by atoms with van der Waals surface area (Å²) >= 11 is 0. The first-order valence-corrected chi connectivity index (χ1v) is 6.77. The molecule has 1 aromatic carbocycles. The molecule has 0 N–H and O–H groups in total. The van der Waals surface area contributed by atoms with Crippen LogP contribution in [0.3, 0.4) is 0 Å². The molecular formula is C15H19N3O. The quantitative estimate of drug-likeness (QED) is 0.819. The van der Waals surface area contributed by atoms with Crippen LogP contribution in [-0.4, -0.2) is 48.7 Å². The van der Waals surface area contributed by atoms with E-state index in [0.29, 0.717) is 18.9 Å². The van der Waals surface area contributed by atoms with Gasteiger partial charge in [0.25, 0.3) is 0 Å². The Labute approximate surface area is 113 Å². The molecule has 0 saturated heterocycles. The maximum Gasteiger partial charge on any atom is 0.243 e. The van der Waals surface area contributed by atoms with Crippen molar-refractivity contribution in [3.8, 4) is 0 Å². The number of nitrogens with zero attached hydrogens (tertiary/aromatic N) is 3. The molecule has 1 aliphatic heterocycles. The fraction of sp³-hybridized carbons (Fsp3) is 0.467. The van der Waals surface area contributed by atoms with Crippen molar-refractivity contribution in [3.05, 3.63) is 35.4 Å². The van der Waals surface area contributed by atoms with Crippen LogP contribution in [0.1, 0.15) is 17.5 Å². The lowest BCUT2D eigenvalue weighted by Gasteiger charge is -2.27. The van der Waals surface area contributed by atoms with Crippen LogP contribution in [0, 0.1) is 5.92 Å². The van der Waals surface area contributed by atoms with E-state index in [-0.39, 0.29) is 5.91 Å². The van der Waals surface area contributed by atoms with E-state index >= 15 is 0 Å². The Bertz CT molecular complexity index is 536. The molecule has 1 amide bonds. The molecule has 1 unspecified atom stereocenters. The van der Waals surface area contributed by atoms with Gasteiger partial charge in [0.1, 0.15) is 0 Å². The number of amides is 1. The van der Waals surface area contributed by atoms with E-state index in [4.69, 9.17) is 0 Å². The highest BCUT2D eigenvalue weighted by Gasteiger charge is 2.35. The van der Waals surface area contributed by atoms with Crippen molar-refractivity contribution in [1.29, 1.82) is 0 Å². The summed E-state index contributed by atoms with van der Waals surface area (Å²) in [4.78, 5) is 14.2. The summed E-state index contributed by atoms with van der Waals surface area (Å²) in [5.41, 5.74) is 3.66. The van der Waals surface area contributed by atoms with E-state index in [1.54, 1.807) is 5.01 Å².